The average Bonchev–Trinajstić information content (AvgIpc) is 2.41. The molecule has 1 atom stereocenters. The van der Waals surface area contributed by atoms with E-state index in [0.29, 0.717) is 6.04 Å². The number of carboxylic acid groups (broad SMARTS) is 1. The monoisotopic (exact) mass is 269 g/mol. The minimum Gasteiger partial charge on any atom is -0.494 e. The highest BCUT2D eigenvalue weighted by Crippen LogP contribution is 2.16. The zero-order valence-corrected chi connectivity index (χ0v) is 11.7. The molecule has 0 saturated carbocycles. The van der Waals surface area contributed by atoms with Crippen molar-refractivity contribution in [2.45, 2.75) is 33.2 Å². The van der Waals surface area contributed by atoms with Gasteiger partial charge in [-0.05, 0) is 44.5 Å². The molecular weight excluding hydrogens is 246 g/mol. The number of rotatable bonds is 6. The van der Waals surface area contributed by atoms with Gasteiger partial charge in [0.05, 0.1) is 6.61 Å². The molecule has 0 aliphatic rings. The van der Waals surface area contributed by atoms with Crippen LogP contribution in [-0.2, 0) is 4.79 Å². The zero-order chi connectivity index (χ0) is 14.7. The average molecular weight is 269 g/mol. The molecule has 1 aromatic rings. The molecular formula is C14H23NO4. The molecule has 0 bridgehead atoms. The number of hydrogen-bond acceptors (Lipinski definition) is 4. The summed E-state index contributed by atoms with van der Waals surface area (Å²) in [4.78, 5) is 9.12. The standard InChI is InChI=1S/C12H19NO.C2H4O3/c1-4-10(3)13-11-6-8-12(9-7-11)14-5-2;3-1-2(4)5/h6-10,13H,4-5H2,1-3H3;3H,1H2,(H,4,5). The van der Waals surface area contributed by atoms with Crippen LogP contribution >= 0.6 is 0 Å². The minimum atomic E-state index is -1.19. The molecule has 3 N–H and O–H groups in total. The Bertz CT molecular complexity index is 351. The van der Waals surface area contributed by atoms with Crippen molar-refractivity contribution < 1.29 is 19.7 Å². The maximum atomic E-state index is 9.12. The smallest absolute Gasteiger partial charge is 0.329 e. The Kier molecular flexibility index (Phi) is 9.26. The molecule has 5 heteroatoms. The first-order chi connectivity index (χ1) is 9.03. The first-order valence-corrected chi connectivity index (χ1v) is 6.35. The third-order valence-electron chi connectivity index (χ3n) is 2.33. The van der Waals surface area contributed by atoms with E-state index in [9.17, 15) is 0 Å². The molecule has 0 heterocycles. The lowest BCUT2D eigenvalue weighted by Gasteiger charge is -2.13. The number of ether oxygens (including phenoxy) is 1. The van der Waals surface area contributed by atoms with E-state index in [4.69, 9.17) is 19.7 Å². The van der Waals surface area contributed by atoms with Gasteiger partial charge >= 0.3 is 5.97 Å². The van der Waals surface area contributed by atoms with E-state index in [-0.39, 0.29) is 0 Å². The van der Waals surface area contributed by atoms with Crippen LogP contribution in [0.3, 0.4) is 0 Å². The second-order valence-electron chi connectivity index (χ2n) is 3.96. The zero-order valence-electron chi connectivity index (χ0n) is 11.7. The van der Waals surface area contributed by atoms with E-state index in [0.717, 1.165) is 24.5 Å². The van der Waals surface area contributed by atoms with Crippen molar-refractivity contribution in [3.8, 4) is 5.75 Å². The molecule has 0 radical (unpaired) electrons. The maximum absolute atomic E-state index is 9.12. The van der Waals surface area contributed by atoms with Crippen molar-refractivity contribution in [3.63, 3.8) is 0 Å². The number of carbonyl (C=O) groups is 1. The summed E-state index contributed by atoms with van der Waals surface area (Å²) in [7, 11) is 0. The van der Waals surface area contributed by atoms with Gasteiger partial charge < -0.3 is 20.3 Å². The summed E-state index contributed by atoms with van der Waals surface area (Å²) in [5.74, 6) is -0.257. The molecule has 108 valence electrons. The normalized spacial score (nSPS) is 10.9. The molecule has 19 heavy (non-hydrogen) atoms. The van der Waals surface area contributed by atoms with Crippen molar-refractivity contribution in [3.05, 3.63) is 24.3 Å². The van der Waals surface area contributed by atoms with Gasteiger partial charge in [0.2, 0.25) is 0 Å². The molecule has 0 fully saturated rings. The van der Waals surface area contributed by atoms with Gasteiger partial charge in [-0.2, -0.15) is 0 Å². The Morgan fingerprint density at radius 1 is 1.32 bits per heavy atom. The predicted molar refractivity (Wildman–Crippen MR) is 75.7 cm³/mol. The maximum Gasteiger partial charge on any atom is 0.329 e. The van der Waals surface area contributed by atoms with Gasteiger partial charge in [0, 0.05) is 11.7 Å². The number of hydrogen-bond donors (Lipinski definition) is 3. The Morgan fingerprint density at radius 2 is 1.84 bits per heavy atom. The fourth-order valence-corrected chi connectivity index (χ4v) is 1.20. The highest BCUT2D eigenvalue weighted by Gasteiger charge is 1.98. The van der Waals surface area contributed by atoms with Crippen molar-refractivity contribution in [1.82, 2.24) is 0 Å². The van der Waals surface area contributed by atoms with Gasteiger partial charge in [0.1, 0.15) is 12.4 Å². The summed E-state index contributed by atoms with van der Waals surface area (Å²) in [5.41, 5.74) is 1.16. The molecule has 0 saturated heterocycles. The van der Waals surface area contributed by atoms with Crippen LogP contribution < -0.4 is 10.1 Å². The van der Waals surface area contributed by atoms with Crippen molar-refractivity contribution >= 4 is 11.7 Å². The molecule has 0 aliphatic carbocycles. The Balaban J connectivity index is 0.000000555. The molecule has 0 spiro atoms. The van der Waals surface area contributed by atoms with Gasteiger partial charge in [0.25, 0.3) is 0 Å². The van der Waals surface area contributed by atoms with Gasteiger partial charge in [0.15, 0.2) is 0 Å². The van der Waals surface area contributed by atoms with Crippen molar-refractivity contribution in [2.24, 2.45) is 0 Å². The second-order valence-corrected chi connectivity index (χ2v) is 3.96. The Morgan fingerprint density at radius 3 is 2.21 bits per heavy atom. The molecule has 1 rings (SSSR count). The first-order valence-electron chi connectivity index (χ1n) is 6.35. The molecule has 0 amide bonds. The summed E-state index contributed by atoms with van der Waals surface area (Å²) in [5, 5.41) is 18.4. The Hall–Kier alpha value is -1.75. The van der Waals surface area contributed by atoms with E-state index in [2.05, 4.69) is 31.3 Å². The number of carboxylic acids is 1. The lowest BCUT2D eigenvalue weighted by atomic mass is 10.2. The topological polar surface area (TPSA) is 78.8 Å². The van der Waals surface area contributed by atoms with Gasteiger partial charge in [-0.15, -0.1) is 0 Å². The lowest BCUT2D eigenvalue weighted by molar-refractivity contribution is -0.140. The third-order valence-corrected chi connectivity index (χ3v) is 2.33. The highest BCUT2D eigenvalue weighted by atomic mass is 16.5. The summed E-state index contributed by atoms with van der Waals surface area (Å²) < 4.78 is 5.36. The molecule has 0 aromatic heterocycles. The van der Waals surface area contributed by atoms with Crippen LogP contribution in [0.1, 0.15) is 27.2 Å². The number of aliphatic carboxylic acids is 1. The lowest BCUT2D eigenvalue weighted by Crippen LogP contribution is -2.13. The van der Waals surface area contributed by atoms with E-state index in [1.165, 1.54) is 0 Å². The number of benzene rings is 1. The molecule has 1 aromatic carbocycles. The van der Waals surface area contributed by atoms with E-state index in [1.807, 2.05) is 19.1 Å². The summed E-state index contributed by atoms with van der Waals surface area (Å²) in [6.45, 7) is 6.28. The van der Waals surface area contributed by atoms with Crippen LogP contribution in [0.15, 0.2) is 24.3 Å². The fourth-order valence-electron chi connectivity index (χ4n) is 1.20. The largest absolute Gasteiger partial charge is 0.494 e. The van der Waals surface area contributed by atoms with Crippen LogP contribution in [0.25, 0.3) is 0 Å². The quantitative estimate of drug-likeness (QED) is 0.739. The SMILES string of the molecule is CCOc1ccc(NC(C)CC)cc1.O=C(O)CO. The van der Waals surface area contributed by atoms with Crippen LogP contribution in [0.2, 0.25) is 0 Å². The van der Waals surface area contributed by atoms with Gasteiger partial charge in [-0.1, -0.05) is 6.92 Å². The van der Waals surface area contributed by atoms with E-state index < -0.39 is 12.6 Å². The fraction of sp³-hybridized carbons (Fsp3) is 0.500. The number of aliphatic hydroxyl groups excluding tert-OH is 1. The van der Waals surface area contributed by atoms with Gasteiger partial charge in [-0.3, -0.25) is 0 Å². The predicted octanol–water partition coefficient (Wildman–Crippen LogP) is 2.36. The van der Waals surface area contributed by atoms with Crippen molar-refractivity contribution in [1.29, 1.82) is 0 Å². The van der Waals surface area contributed by atoms with Crippen LogP contribution in [-0.4, -0.2) is 35.4 Å². The number of nitrogens with one attached hydrogen (secondary N) is 1. The Labute approximate surface area is 114 Å². The van der Waals surface area contributed by atoms with E-state index in [1.54, 1.807) is 0 Å². The first kappa shape index (κ1) is 17.2. The number of anilines is 1. The molecule has 0 aliphatic heterocycles. The molecule has 5 nitrogen and oxygen atoms in total. The number of aliphatic hydroxyl groups is 1. The summed E-state index contributed by atoms with van der Waals surface area (Å²) in [6.07, 6.45) is 1.13. The minimum absolute atomic E-state index is 0.521. The van der Waals surface area contributed by atoms with Crippen molar-refractivity contribution in [2.75, 3.05) is 18.5 Å². The summed E-state index contributed by atoms with van der Waals surface area (Å²) >= 11 is 0. The van der Waals surface area contributed by atoms with Gasteiger partial charge in [-0.25, -0.2) is 4.79 Å². The highest BCUT2D eigenvalue weighted by molar-refractivity contribution is 5.67. The van der Waals surface area contributed by atoms with Crippen LogP contribution in [0, 0.1) is 0 Å². The van der Waals surface area contributed by atoms with Crippen LogP contribution in [0.5, 0.6) is 5.75 Å². The third kappa shape index (κ3) is 8.90. The van der Waals surface area contributed by atoms with E-state index >= 15 is 0 Å². The molecule has 1 unspecified atom stereocenters. The van der Waals surface area contributed by atoms with Crippen LogP contribution in [0.4, 0.5) is 5.69 Å². The second kappa shape index (κ2) is 10.2. The summed E-state index contributed by atoms with van der Waals surface area (Å²) in [6, 6.07) is 8.62.